The first kappa shape index (κ1) is 7.30. The summed E-state index contributed by atoms with van der Waals surface area (Å²) < 4.78 is 5.13. The lowest BCUT2D eigenvalue weighted by Gasteiger charge is -1.96. The van der Waals surface area contributed by atoms with Gasteiger partial charge in [-0.25, -0.2) is 0 Å². The molecule has 0 saturated carbocycles. The Morgan fingerprint density at radius 3 is 3.25 bits per heavy atom. The molecule has 0 amide bonds. The van der Waals surface area contributed by atoms with E-state index in [1.165, 1.54) is 11.3 Å². The summed E-state index contributed by atoms with van der Waals surface area (Å²) in [6.07, 6.45) is 1.65. The Kier molecular flexibility index (Phi) is 2.04. The maximum Gasteiger partial charge on any atom is 0.205 e. The summed E-state index contributed by atoms with van der Waals surface area (Å²) in [5, 5.41) is 11.4. The maximum atomic E-state index is 5.13. The van der Waals surface area contributed by atoms with Crippen LogP contribution in [0.2, 0.25) is 0 Å². The number of aromatic nitrogens is 2. The lowest BCUT2D eigenvalue weighted by Crippen LogP contribution is -1.96. The number of hydrogen-bond acceptors (Lipinski definition) is 5. The molecule has 0 bridgehead atoms. The highest BCUT2D eigenvalue weighted by molar-refractivity contribution is 7.13. The number of nitrogens with one attached hydrogen (secondary N) is 1. The fraction of sp³-hybridized carbons (Fsp3) is 0.143. The molecule has 2 rings (SSSR count). The van der Waals surface area contributed by atoms with Gasteiger partial charge in [-0.3, -0.25) is 0 Å². The zero-order valence-corrected chi connectivity index (χ0v) is 7.04. The normalized spacial score (nSPS) is 10.0. The van der Waals surface area contributed by atoms with Crippen LogP contribution in [0.25, 0.3) is 0 Å². The molecular weight excluding hydrogens is 174 g/mol. The van der Waals surface area contributed by atoms with E-state index in [-0.39, 0.29) is 0 Å². The molecule has 0 radical (unpaired) electrons. The van der Waals surface area contributed by atoms with E-state index in [0.29, 0.717) is 6.54 Å². The number of rotatable bonds is 3. The van der Waals surface area contributed by atoms with Crippen LogP contribution in [0.15, 0.2) is 28.3 Å². The van der Waals surface area contributed by atoms with E-state index in [2.05, 4.69) is 15.5 Å². The molecule has 12 heavy (non-hydrogen) atoms. The molecule has 2 heterocycles. The Bertz CT molecular complexity index is 282. The van der Waals surface area contributed by atoms with Crippen molar-refractivity contribution in [1.29, 1.82) is 0 Å². The van der Waals surface area contributed by atoms with Gasteiger partial charge in [0.1, 0.15) is 11.3 Å². The third-order valence-corrected chi connectivity index (χ3v) is 2.00. The molecule has 0 aromatic carbocycles. The molecule has 62 valence electrons. The molecule has 0 atom stereocenters. The average molecular weight is 181 g/mol. The van der Waals surface area contributed by atoms with Gasteiger partial charge in [0.15, 0.2) is 0 Å². The van der Waals surface area contributed by atoms with Crippen molar-refractivity contribution in [1.82, 2.24) is 10.2 Å². The fourth-order valence-electron chi connectivity index (χ4n) is 0.826. The first-order chi connectivity index (χ1) is 5.95. The first-order valence-electron chi connectivity index (χ1n) is 3.47. The molecule has 0 aliphatic heterocycles. The summed E-state index contributed by atoms with van der Waals surface area (Å²) in [5.74, 6) is 0.894. The van der Waals surface area contributed by atoms with Gasteiger partial charge in [0.25, 0.3) is 0 Å². The highest BCUT2D eigenvalue weighted by Gasteiger charge is 1.97. The van der Waals surface area contributed by atoms with Crippen LogP contribution in [-0.2, 0) is 6.54 Å². The van der Waals surface area contributed by atoms with Crippen molar-refractivity contribution in [3.63, 3.8) is 0 Å². The van der Waals surface area contributed by atoms with Gasteiger partial charge < -0.3 is 9.73 Å². The number of nitrogens with zero attached hydrogens (tertiary/aromatic N) is 2. The Morgan fingerprint density at radius 2 is 2.58 bits per heavy atom. The number of anilines is 1. The Labute approximate surface area is 73.2 Å². The topological polar surface area (TPSA) is 51.0 Å². The first-order valence-corrected chi connectivity index (χ1v) is 4.35. The largest absolute Gasteiger partial charge is 0.467 e. The summed E-state index contributed by atoms with van der Waals surface area (Å²) >= 11 is 1.47. The van der Waals surface area contributed by atoms with Crippen molar-refractivity contribution in [3.05, 3.63) is 29.7 Å². The summed E-state index contributed by atoms with van der Waals surface area (Å²) in [6.45, 7) is 0.655. The van der Waals surface area contributed by atoms with Crippen molar-refractivity contribution in [2.75, 3.05) is 5.32 Å². The van der Waals surface area contributed by atoms with Gasteiger partial charge in [-0.05, 0) is 12.1 Å². The van der Waals surface area contributed by atoms with Crippen LogP contribution in [0.1, 0.15) is 5.76 Å². The Morgan fingerprint density at radius 1 is 1.58 bits per heavy atom. The molecule has 5 heteroatoms. The molecule has 0 aliphatic rings. The lowest BCUT2D eigenvalue weighted by molar-refractivity contribution is 0.518. The van der Waals surface area contributed by atoms with Gasteiger partial charge in [0, 0.05) is 0 Å². The Hall–Kier alpha value is -1.36. The fourth-order valence-corrected chi connectivity index (χ4v) is 1.27. The van der Waals surface area contributed by atoms with Crippen LogP contribution in [-0.4, -0.2) is 10.2 Å². The van der Waals surface area contributed by atoms with Crippen molar-refractivity contribution >= 4 is 16.5 Å². The predicted molar refractivity (Wildman–Crippen MR) is 45.9 cm³/mol. The van der Waals surface area contributed by atoms with E-state index < -0.39 is 0 Å². The van der Waals surface area contributed by atoms with Gasteiger partial charge in [-0.1, -0.05) is 11.3 Å². The van der Waals surface area contributed by atoms with Crippen LogP contribution in [0, 0.1) is 0 Å². The molecule has 0 spiro atoms. The number of furan rings is 1. The van der Waals surface area contributed by atoms with Crippen molar-refractivity contribution in [2.45, 2.75) is 6.54 Å². The number of hydrogen-bond donors (Lipinski definition) is 1. The predicted octanol–water partition coefficient (Wildman–Crippen LogP) is 1.74. The van der Waals surface area contributed by atoms with Crippen LogP contribution in [0.3, 0.4) is 0 Å². The molecule has 1 N–H and O–H groups in total. The smallest absolute Gasteiger partial charge is 0.205 e. The zero-order valence-electron chi connectivity index (χ0n) is 6.23. The molecule has 0 fully saturated rings. The minimum absolute atomic E-state index is 0.655. The van der Waals surface area contributed by atoms with Gasteiger partial charge >= 0.3 is 0 Å². The summed E-state index contributed by atoms with van der Waals surface area (Å²) in [6, 6.07) is 3.77. The van der Waals surface area contributed by atoms with Crippen molar-refractivity contribution in [3.8, 4) is 0 Å². The summed E-state index contributed by atoms with van der Waals surface area (Å²) in [7, 11) is 0. The third-order valence-electron chi connectivity index (χ3n) is 1.35. The van der Waals surface area contributed by atoms with Crippen LogP contribution in [0.5, 0.6) is 0 Å². The second kappa shape index (κ2) is 3.36. The average Bonchev–Trinajstić information content (AvgIpc) is 2.74. The highest BCUT2D eigenvalue weighted by Crippen LogP contribution is 2.10. The molecule has 4 nitrogen and oxygen atoms in total. The van der Waals surface area contributed by atoms with Gasteiger partial charge in [0.05, 0.1) is 12.8 Å². The van der Waals surface area contributed by atoms with Crippen molar-refractivity contribution in [2.24, 2.45) is 0 Å². The van der Waals surface area contributed by atoms with Crippen LogP contribution < -0.4 is 5.32 Å². The van der Waals surface area contributed by atoms with E-state index in [9.17, 15) is 0 Å². The summed E-state index contributed by atoms with van der Waals surface area (Å²) in [5.41, 5.74) is 1.68. The molecule has 2 aromatic heterocycles. The van der Waals surface area contributed by atoms with Crippen LogP contribution >= 0.6 is 11.3 Å². The molecule has 0 saturated heterocycles. The lowest BCUT2D eigenvalue weighted by atomic mass is 10.4. The van der Waals surface area contributed by atoms with E-state index in [4.69, 9.17) is 4.42 Å². The molecule has 0 aliphatic carbocycles. The SMILES string of the molecule is c1coc(CNc2nncs2)c1. The van der Waals surface area contributed by atoms with Crippen LogP contribution in [0.4, 0.5) is 5.13 Å². The zero-order chi connectivity index (χ0) is 8.23. The Balaban J connectivity index is 1.91. The molecule has 0 unspecified atom stereocenters. The standard InChI is InChI=1S/C7H7N3OS/c1-2-6(11-3-1)4-8-7-10-9-5-12-7/h1-3,5H,4H2,(H,8,10). The second-order valence-electron chi connectivity index (χ2n) is 2.18. The van der Waals surface area contributed by atoms with Gasteiger partial charge in [-0.15, -0.1) is 10.2 Å². The van der Waals surface area contributed by atoms with Gasteiger partial charge in [0.2, 0.25) is 5.13 Å². The van der Waals surface area contributed by atoms with E-state index in [1.54, 1.807) is 11.8 Å². The van der Waals surface area contributed by atoms with E-state index in [1.807, 2.05) is 12.1 Å². The monoisotopic (exact) mass is 181 g/mol. The highest BCUT2D eigenvalue weighted by atomic mass is 32.1. The minimum Gasteiger partial charge on any atom is -0.467 e. The second-order valence-corrected chi connectivity index (χ2v) is 3.01. The molecule has 2 aromatic rings. The minimum atomic E-state index is 0.655. The third kappa shape index (κ3) is 1.62. The molecular formula is C7H7N3OS. The van der Waals surface area contributed by atoms with Gasteiger partial charge in [-0.2, -0.15) is 0 Å². The summed E-state index contributed by atoms with van der Waals surface area (Å²) in [4.78, 5) is 0. The van der Waals surface area contributed by atoms with Crippen molar-refractivity contribution < 1.29 is 4.42 Å². The van der Waals surface area contributed by atoms with E-state index >= 15 is 0 Å². The van der Waals surface area contributed by atoms with E-state index in [0.717, 1.165) is 10.9 Å². The maximum absolute atomic E-state index is 5.13. The quantitative estimate of drug-likeness (QED) is 0.783.